The Morgan fingerprint density at radius 2 is 1.94 bits per heavy atom. The first-order chi connectivity index (χ1) is 8.50. The van der Waals surface area contributed by atoms with Gasteiger partial charge >= 0.3 is 0 Å². The van der Waals surface area contributed by atoms with E-state index in [0.29, 0.717) is 19.8 Å². The van der Waals surface area contributed by atoms with Crippen LogP contribution in [0.4, 0.5) is 0 Å². The van der Waals surface area contributed by atoms with Crippen LogP contribution in [0.1, 0.15) is 33.1 Å². The zero-order valence-electron chi connectivity index (χ0n) is 11.2. The monoisotopic (exact) mass is 277 g/mol. The molecule has 0 amide bonds. The molecule has 0 N–H and O–H groups in total. The summed E-state index contributed by atoms with van der Waals surface area (Å²) in [6.45, 7) is 5.46. The van der Waals surface area contributed by atoms with Crippen molar-refractivity contribution in [3.05, 3.63) is 0 Å². The van der Waals surface area contributed by atoms with Gasteiger partial charge in [0, 0.05) is 19.2 Å². The molecule has 0 radical (unpaired) electrons. The Bertz CT molecular complexity index is 364. The molecule has 18 heavy (non-hydrogen) atoms. The topological polar surface area (TPSA) is 55.8 Å². The number of sulfonamides is 1. The molecule has 106 valence electrons. The van der Waals surface area contributed by atoms with Gasteiger partial charge < -0.3 is 9.47 Å². The summed E-state index contributed by atoms with van der Waals surface area (Å²) in [4.78, 5) is 0. The van der Waals surface area contributed by atoms with Crippen molar-refractivity contribution in [1.82, 2.24) is 4.31 Å². The molecule has 2 heterocycles. The first kappa shape index (κ1) is 14.2. The lowest BCUT2D eigenvalue weighted by Crippen LogP contribution is -2.52. The molecule has 0 aromatic heterocycles. The summed E-state index contributed by atoms with van der Waals surface area (Å²) in [6, 6.07) is -0.0904. The number of morpholine rings is 1. The lowest BCUT2D eigenvalue weighted by molar-refractivity contribution is -0.0243. The molecule has 2 aliphatic heterocycles. The van der Waals surface area contributed by atoms with Crippen LogP contribution < -0.4 is 0 Å². The fraction of sp³-hybridized carbons (Fsp3) is 1.00. The second-order valence-electron chi connectivity index (χ2n) is 5.19. The molecule has 2 rings (SSSR count). The van der Waals surface area contributed by atoms with Gasteiger partial charge in [0.2, 0.25) is 10.0 Å². The average molecular weight is 277 g/mol. The minimum Gasteiger partial charge on any atom is -0.377 e. The van der Waals surface area contributed by atoms with E-state index in [-0.39, 0.29) is 24.0 Å². The van der Waals surface area contributed by atoms with E-state index in [2.05, 4.69) is 0 Å². The summed E-state index contributed by atoms with van der Waals surface area (Å²) >= 11 is 0. The number of nitrogens with zero attached hydrogens (tertiary/aromatic N) is 1. The first-order valence-electron chi connectivity index (χ1n) is 6.73. The average Bonchev–Trinajstić information content (AvgIpc) is 2.33. The Kier molecular flexibility index (Phi) is 4.64. The summed E-state index contributed by atoms with van der Waals surface area (Å²) in [5, 5.41) is 0. The number of rotatable bonds is 3. The molecule has 6 heteroatoms. The van der Waals surface area contributed by atoms with Crippen LogP contribution in [0.2, 0.25) is 0 Å². The normalized spacial score (nSPS) is 35.6. The van der Waals surface area contributed by atoms with E-state index in [0.717, 1.165) is 19.3 Å². The van der Waals surface area contributed by atoms with Crippen molar-refractivity contribution in [2.75, 3.05) is 25.5 Å². The third-order valence-electron chi connectivity index (χ3n) is 3.85. The van der Waals surface area contributed by atoms with Gasteiger partial charge in [-0.05, 0) is 33.1 Å². The molecule has 0 aliphatic carbocycles. The smallest absolute Gasteiger partial charge is 0.217 e. The predicted octanol–water partition coefficient (Wildman–Crippen LogP) is 0.995. The van der Waals surface area contributed by atoms with Crippen LogP contribution in [0.5, 0.6) is 0 Å². The first-order valence-corrected chi connectivity index (χ1v) is 8.34. The third-order valence-corrected chi connectivity index (χ3v) is 5.88. The van der Waals surface area contributed by atoms with Crippen LogP contribution in [0.15, 0.2) is 0 Å². The number of hydrogen-bond donors (Lipinski definition) is 0. The van der Waals surface area contributed by atoms with E-state index >= 15 is 0 Å². The molecule has 5 nitrogen and oxygen atoms in total. The summed E-state index contributed by atoms with van der Waals surface area (Å²) in [5.41, 5.74) is 0. The summed E-state index contributed by atoms with van der Waals surface area (Å²) < 4.78 is 37.4. The minimum atomic E-state index is -3.24. The standard InChI is InChI=1S/C12H23NO4S/c1-10-11(2)16-8-6-13(10)18(14,15)9-12-5-3-4-7-17-12/h10-12H,3-9H2,1-2H3. The van der Waals surface area contributed by atoms with Gasteiger partial charge in [0.1, 0.15) is 0 Å². The lowest BCUT2D eigenvalue weighted by Gasteiger charge is -2.37. The Hall–Kier alpha value is -0.170. The second-order valence-corrected chi connectivity index (χ2v) is 7.16. The third kappa shape index (κ3) is 3.23. The van der Waals surface area contributed by atoms with Crippen molar-refractivity contribution in [2.24, 2.45) is 0 Å². The Morgan fingerprint density at radius 1 is 1.17 bits per heavy atom. The van der Waals surface area contributed by atoms with Crippen LogP contribution in [0.3, 0.4) is 0 Å². The highest BCUT2D eigenvalue weighted by atomic mass is 32.2. The number of hydrogen-bond acceptors (Lipinski definition) is 4. The fourth-order valence-electron chi connectivity index (χ4n) is 2.57. The Balaban J connectivity index is 2.00. The van der Waals surface area contributed by atoms with E-state index in [4.69, 9.17) is 9.47 Å². The van der Waals surface area contributed by atoms with Gasteiger partial charge in [-0.3, -0.25) is 0 Å². The van der Waals surface area contributed by atoms with E-state index in [1.165, 1.54) is 0 Å². The maximum atomic E-state index is 12.4. The second kappa shape index (κ2) is 5.86. The van der Waals surface area contributed by atoms with Gasteiger partial charge in [-0.1, -0.05) is 0 Å². The minimum absolute atomic E-state index is 0.0409. The molecule has 3 unspecified atom stereocenters. The molecule has 0 aromatic carbocycles. The predicted molar refractivity (Wildman–Crippen MR) is 69.0 cm³/mol. The molecule has 0 saturated carbocycles. The largest absolute Gasteiger partial charge is 0.377 e. The number of ether oxygens (including phenoxy) is 2. The lowest BCUT2D eigenvalue weighted by atomic mass is 10.1. The quantitative estimate of drug-likeness (QED) is 0.772. The zero-order valence-corrected chi connectivity index (χ0v) is 12.0. The van der Waals surface area contributed by atoms with Gasteiger partial charge in [0.05, 0.1) is 24.6 Å². The molecule has 2 saturated heterocycles. The van der Waals surface area contributed by atoms with Gasteiger partial charge in [0.15, 0.2) is 0 Å². The van der Waals surface area contributed by atoms with Gasteiger partial charge in [-0.2, -0.15) is 4.31 Å². The molecule has 2 aliphatic rings. The van der Waals surface area contributed by atoms with Gasteiger partial charge in [-0.25, -0.2) is 8.42 Å². The van der Waals surface area contributed by atoms with E-state index in [9.17, 15) is 8.42 Å². The SMILES string of the molecule is CC1OCCN(S(=O)(=O)CC2CCCCO2)C1C. The van der Waals surface area contributed by atoms with Crippen molar-refractivity contribution in [3.8, 4) is 0 Å². The molecule has 0 aromatic rings. The highest BCUT2D eigenvalue weighted by Gasteiger charge is 2.35. The summed E-state index contributed by atoms with van der Waals surface area (Å²) in [5.74, 6) is 0.115. The maximum Gasteiger partial charge on any atom is 0.217 e. The van der Waals surface area contributed by atoms with Crippen LogP contribution >= 0.6 is 0 Å². The van der Waals surface area contributed by atoms with Crippen molar-refractivity contribution in [2.45, 2.75) is 51.4 Å². The Morgan fingerprint density at radius 3 is 2.61 bits per heavy atom. The van der Waals surface area contributed by atoms with Crippen LogP contribution in [-0.4, -0.2) is 56.5 Å². The molecular weight excluding hydrogens is 254 g/mol. The van der Waals surface area contributed by atoms with Crippen LogP contribution in [0.25, 0.3) is 0 Å². The highest BCUT2D eigenvalue weighted by molar-refractivity contribution is 7.89. The molecule has 0 bridgehead atoms. The molecule has 2 fully saturated rings. The van der Waals surface area contributed by atoms with Gasteiger partial charge in [-0.15, -0.1) is 0 Å². The fourth-order valence-corrected chi connectivity index (χ4v) is 4.52. The van der Waals surface area contributed by atoms with E-state index in [1.807, 2.05) is 13.8 Å². The molecule has 3 atom stereocenters. The summed E-state index contributed by atoms with van der Waals surface area (Å²) in [6.07, 6.45) is 2.79. The van der Waals surface area contributed by atoms with Gasteiger partial charge in [0.25, 0.3) is 0 Å². The maximum absolute atomic E-state index is 12.4. The molecular formula is C12H23NO4S. The van der Waals surface area contributed by atoms with E-state index in [1.54, 1.807) is 4.31 Å². The zero-order chi connectivity index (χ0) is 13.2. The Labute approximate surface area is 109 Å². The molecule has 0 spiro atoms. The van der Waals surface area contributed by atoms with Crippen molar-refractivity contribution < 1.29 is 17.9 Å². The van der Waals surface area contributed by atoms with Crippen molar-refractivity contribution in [3.63, 3.8) is 0 Å². The van der Waals surface area contributed by atoms with Crippen LogP contribution in [0, 0.1) is 0 Å². The van der Waals surface area contributed by atoms with Crippen molar-refractivity contribution in [1.29, 1.82) is 0 Å². The van der Waals surface area contributed by atoms with E-state index < -0.39 is 10.0 Å². The summed E-state index contributed by atoms with van der Waals surface area (Å²) in [7, 11) is -3.24. The van der Waals surface area contributed by atoms with Crippen molar-refractivity contribution >= 4 is 10.0 Å². The van der Waals surface area contributed by atoms with Crippen LogP contribution in [-0.2, 0) is 19.5 Å². The highest BCUT2D eigenvalue weighted by Crippen LogP contribution is 2.21.